The van der Waals surface area contributed by atoms with E-state index in [1.807, 2.05) is 20.8 Å². The third-order valence-corrected chi connectivity index (χ3v) is 5.67. The van der Waals surface area contributed by atoms with Crippen molar-refractivity contribution < 1.29 is 23.1 Å². The molecule has 1 saturated heterocycles. The SMILES string of the molecule is CC(C)(C)C(NS(C)(=O)=O)C(=O)N1CCC2(CC1)CC2C(=O)O. The van der Waals surface area contributed by atoms with E-state index in [1.165, 1.54) is 0 Å². The Morgan fingerprint density at radius 1 is 1.26 bits per heavy atom. The summed E-state index contributed by atoms with van der Waals surface area (Å²) in [6.45, 7) is 6.43. The summed E-state index contributed by atoms with van der Waals surface area (Å²) in [6, 6.07) is -0.818. The highest BCUT2D eigenvalue weighted by Crippen LogP contribution is 2.59. The number of carbonyl (C=O) groups is 2. The molecule has 23 heavy (non-hydrogen) atoms. The Kier molecular flexibility index (Phi) is 4.54. The molecule has 1 aliphatic heterocycles. The minimum atomic E-state index is -3.50. The Labute approximate surface area is 137 Å². The van der Waals surface area contributed by atoms with Crippen molar-refractivity contribution in [1.29, 1.82) is 0 Å². The fraction of sp³-hybridized carbons (Fsp3) is 0.867. The van der Waals surface area contributed by atoms with Gasteiger partial charge in [-0.2, -0.15) is 0 Å². The van der Waals surface area contributed by atoms with E-state index >= 15 is 0 Å². The summed E-state index contributed by atoms with van der Waals surface area (Å²) in [5, 5.41) is 9.11. The first-order chi connectivity index (χ1) is 10.4. The van der Waals surface area contributed by atoms with Gasteiger partial charge in [-0.3, -0.25) is 9.59 Å². The number of amides is 1. The number of nitrogens with zero attached hydrogens (tertiary/aromatic N) is 1. The molecule has 0 aromatic rings. The van der Waals surface area contributed by atoms with E-state index in [9.17, 15) is 18.0 Å². The first kappa shape index (κ1) is 18.2. The van der Waals surface area contributed by atoms with Crippen LogP contribution in [0, 0.1) is 16.7 Å². The Morgan fingerprint density at radius 3 is 2.13 bits per heavy atom. The standard InChI is InChI=1S/C15H26N2O5S/c1-14(2,3)11(16-23(4,21)22)12(18)17-7-5-15(6-8-17)9-10(15)13(19)20/h10-11,16H,5-9H2,1-4H3,(H,19,20). The highest BCUT2D eigenvalue weighted by Gasteiger charge is 2.59. The second kappa shape index (κ2) is 5.73. The second-order valence-corrected chi connectivity index (χ2v) is 9.75. The number of carboxylic acid groups (broad SMARTS) is 1. The summed E-state index contributed by atoms with van der Waals surface area (Å²) in [4.78, 5) is 25.5. The third-order valence-electron chi connectivity index (χ3n) is 5.00. The molecule has 2 aliphatic rings. The average Bonchev–Trinajstić information content (AvgIpc) is 3.08. The van der Waals surface area contributed by atoms with Crippen molar-refractivity contribution in [1.82, 2.24) is 9.62 Å². The fourth-order valence-electron chi connectivity index (χ4n) is 3.42. The Hall–Kier alpha value is -1.15. The predicted molar refractivity (Wildman–Crippen MR) is 85.2 cm³/mol. The molecular weight excluding hydrogens is 320 g/mol. The van der Waals surface area contributed by atoms with Gasteiger partial charge in [-0.15, -0.1) is 0 Å². The van der Waals surface area contributed by atoms with Crippen LogP contribution in [0.25, 0.3) is 0 Å². The molecule has 1 saturated carbocycles. The number of aliphatic carboxylic acids is 1. The van der Waals surface area contributed by atoms with Gasteiger partial charge in [0.1, 0.15) is 6.04 Å². The van der Waals surface area contributed by atoms with Crippen LogP contribution in [0.3, 0.4) is 0 Å². The zero-order valence-corrected chi connectivity index (χ0v) is 14.9. The molecule has 2 fully saturated rings. The number of hydrogen-bond acceptors (Lipinski definition) is 4. The number of rotatable bonds is 4. The van der Waals surface area contributed by atoms with Gasteiger partial charge in [0, 0.05) is 13.1 Å². The summed E-state index contributed by atoms with van der Waals surface area (Å²) in [7, 11) is -3.50. The maximum absolute atomic E-state index is 12.8. The smallest absolute Gasteiger partial charge is 0.307 e. The van der Waals surface area contributed by atoms with Crippen molar-refractivity contribution in [3.8, 4) is 0 Å². The van der Waals surface area contributed by atoms with Gasteiger partial charge < -0.3 is 10.0 Å². The lowest BCUT2D eigenvalue weighted by molar-refractivity contribution is -0.140. The van der Waals surface area contributed by atoms with Gasteiger partial charge in [-0.05, 0) is 30.1 Å². The fourth-order valence-corrected chi connectivity index (χ4v) is 4.30. The van der Waals surface area contributed by atoms with Crippen molar-refractivity contribution in [3.63, 3.8) is 0 Å². The van der Waals surface area contributed by atoms with Crippen LogP contribution in [0.1, 0.15) is 40.0 Å². The number of hydrogen-bond donors (Lipinski definition) is 2. The number of sulfonamides is 1. The van der Waals surface area contributed by atoms with E-state index in [4.69, 9.17) is 5.11 Å². The number of nitrogens with one attached hydrogen (secondary N) is 1. The van der Waals surface area contributed by atoms with Crippen molar-refractivity contribution in [2.24, 2.45) is 16.7 Å². The molecule has 1 heterocycles. The van der Waals surface area contributed by atoms with Crippen molar-refractivity contribution in [2.45, 2.75) is 46.1 Å². The van der Waals surface area contributed by atoms with E-state index in [0.717, 1.165) is 6.26 Å². The quantitative estimate of drug-likeness (QED) is 0.778. The Morgan fingerprint density at radius 2 is 1.78 bits per heavy atom. The van der Waals surface area contributed by atoms with Gasteiger partial charge in [0.25, 0.3) is 0 Å². The molecule has 7 nitrogen and oxygen atoms in total. The minimum Gasteiger partial charge on any atom is -0.481 e. The molecule has 0 aromatic heterocycles. The van der Waals surface area contributed by atoms with Gasteiger partial charge in [-0.25, -0.2) is 13.1 Å². The number of likely N-dealkylation sites (tertiary alicyclic amines) is 1. The maximum atomic E-state index is 12.8. The molecule has 0 radical (unpaired) electrons. The lowest BCUT2D eigenvalue weighted by atomic mass is 9.85. The monoisotopic (exact) mass is 346 g/mol. The van der Waals surface area contributed by atoms with E-state index in [1.54, 1.807) is 4.90 Å². The summed E-state index contributed by atoms with van der Waals surface area (Å²) < 4.78 is 25.6. The largest absolute Gasteiger partial charge is 0.481 e. The summed E-state index contributed by atoms with van der Waals surface area (Å²) in [5.41, 5.74) is -0.692. The number of carboxylic acids is 1. The summed E-state index contributed by atoms with van der Waals surface area (Å²) >= 11 is 0. The summed E-state index contributed by atoms with van der Waals surface area (Å²) in [6.07, 6.45) is 3.08. The van der Waals surface area contributed by atoms with E-state index in [0.29, 0.717) is 32.4 Å². The highest BCUT2D eigenvalue weighted by molar-refractivity contribution is 7.88. The highest BCUT2D eigenvalue weighted by atomic mass is 32.2. The molecule has 0 bridgehead atoms. The lowest BCUT2D eigenvalue weighted by Gasteiger charge is -2.38. The van der Waals surface area contributed by atoms with Crippen LogP contribution in [0.5, 0.6) is 0 Å². The van der Waals surface area contributed by atoms with E-state index in [-0.39, 0.29) is 17.2 Å². The molecule has 1 spiro atoms. The first-order valence-electron chi connectivity index (χ1n) is 7.85. The van der Waals surface area contributed by atoms with Crippen molar-refractivity contribution >= 4 is 21.9 Å². The third kappa shape index (κ3) is 4.03. The molecule has 132 valence electrons. The molecule has 8 heteroatoms. The van der Waals surface area contributed by atoms with Crippen LogP contribution in [0.15, 0.2) is 0 Å². The first-order valence-corrected chi connectivity index (χ1v) is 9.74. The van der Waals surface area contributed by atoms with Crippen LogP contribution in [-0.4, -0.2) is 55.7 Å². The van der Waals surface area contributed by atoms with Crippen molar-refractivity contribution in [3.05, 3.63) is 0 Å². The van der Waals surface area contributed by atoms with Crippen LogP contribution in [-0.2, 0) is 19.6 Å². The van der Waals surface area contributed by atoms with Gasteiger partial charge >= 0.3 is 5.97 Å². The van der Waals surface area contributed by atoms with E-state index in [2.05, 4.69) is 4.72 Å². The molecule has 1 amide bonds. The number of carbonyl (C=O) groups excluding carboxylic acids is 1. The van der Waals surface area contributed by atoms with Crippen LogP contribution in [0.2, 0.25) is 0 Å². The lowest BCUT2D eigenvalue weighted by Crippen LogP contribution is -2.56. The molecule has 2 N–H and O–H groups in total. The molecule has 2 rings (SSSR count). The number of piperidine rings is 1. The molecular formula is C15H26N2O5S. The molecule has 1 aliphatic carbocycles. The van der Waals surface area contributed by atoms with Gasteiger partial charge in [0.15, 0.2) is 0 Å². The van der Waals surface area contributed by atoms with E-state index < -0.39 is 27.4 Å². The van der Waals surface area contributed by atoms with Gasteiger partial charge in [0.2, 0.25) is 15.9 Å². The van der Waals surface area contributed by atoms with Crippen LogP contribution < -0.4 is 4.72 Å². The van der Waals surface area contributed by atoms with Crippen molar-refractivity contribution in [2.75, 3.05) is 19.3 Å². The molecule has 2 unspecified atom stereocenters. The normalized spacial score (nSPS) is 25.2. The van der Waals surface area contributed by atoms with Crippen LogP contribution >= 0.6 is 0 Å². The minimum absolute atomic E-state index is 0.149. The second-order valence-electron chi connectivity index (χ2n) is 7.97. The van der Waals surface area contributed by atoms with Crippen LogP contribution in [0.4, 0.5) is 0 Å². The zero-order chi connectivity index (χ0) is 17.6. The average molecular weight is 346 g/mol. The Balaban J connectivity index is 2.04. The zero-order valence-electron chi connectivity index (χ0n) is 14.1. The molecule has 0 aromatic carbocycles. The predicted octanol–water partition coefficient (Wildman–Crippen LogP) is 0.664. The topological polar surface area (TPSA) is 104 Å². The van der Waals surface area contributed by atoms with Gasteiger partial charge in [-0.1, -0.05) is 20.8 Å². The Bertz CT molecular complexity index is 600. The molecule has 2 atom stereocenters. The van der Waals surface area contributed by atoms with Gasteiger partial charge in [0.05, 0.1) is 12.2 Å². The maximum Gasteiger partial charge on any atom is 0.307 e. The summed E-state index contributed by atoms with van der Waals surface area (Å²) in [5.74, 6) is -1.27.